The molecule has 0 amide bonds. The molecule has 0 saturated heterocycles. The summed E-state index contributed by atoms with van der Waals surface area (Å²) < 4.78 is 0. The Labute approximate surface area is 165 Å². The van der Waals surface area contributed by atoms with E-state index < -0.39 is 0 Å². The second kappa shape index (κ2) is 6.80. The van der Waals surface area contributed by atoms with Crippen molar-refractivity contribution in [3.8, 4) is 11.1 Å². The first kappa shape index (κ1) is 17.5. The summed E-state index contributed by atoms with van der Waals surface area (Å²) in [6.07, 6.45) is 13.7. The molecule has 3 aliphatic rings. The van der Waals surface area contributed by atoms with Gasteiger partial charge < -0.3 is 0 Å². The van der Waals surface area contributed by atoms with E-state index in [0.29, 0.717) is 5.41 Å². The third-order valence-electron chi connectivity index (χ3n) is 8.00. The van der Waals surface area contributed by atoms with Gasteiger partial charge in [-0.05, 0) is 83.7 Å². The second-order valence-electron chi connectivity index (χ2n) is 9.30. The fraction of sp³-hybridized carbons (Fsp3) is 0.556. The molecule has 27 heavy (non-hydrogen) atoms. The van der Waals surface area contributed by atoms with Crippen LogP contribution in [-0.2, 0) is 18.3 Å². The molecular formula is C27H34. The van der Waals surface area contributed by atoms with Gasteiger partial charge in [-0.15, -0.1) is 0 Å². The summed E-state index contributed by atoms with van der Waals surface area (Å²) in [6, 6.07) is 14.5. The molecule has 2 aromatic carbocycles. The molecule has 5 rings (SSSR count). The van der Waals surface area contributed by atoms with E-state index in [-0.39, 0.29) is 0 Å². The molecule has 2 bridgehead atoms. The number of hydrogen-bond acceptors (Lipinski definition) is 0. The minimum absolute atomic E-state index is 0.330. The van der Waals surface area contributed by atoms with E-state index in [1.54, 1.807) is 33.4 Å². The molecular weight excluding hydrogens is 324 g/mol. The highest BCUT2D eigenvalue weighted by molar-refractivity contribution is 5.83. The fourth-order valence-corrected chi connectivity index (χ4v) is 7.24. The van der Waals surface area contributed by atoms with Gasteiger partial charge in [0.15, 0.2) is 0 Å². The Morgan fingerprint density at radius 3 is 2.11 bits per heavy atom. The number of fused-ring (bicyclic) bond motifs is 3. The molecule has 0 nitrogen and oxygen atoms in total. The van der Waals surface area contributed by atoms with Crippen molar-refractivity contribution < 1.29 is 0 Å². The predicted octanol–water partition coefficient (Wildman–Crippen LogP) is 7.46. The third kappa shape index (κ3) is 2.35. The van der Waals surface area contributed by atoms with Crippen LogP contribution < -0.4 is 0 Å². The Bertz CT molecular complexity index is 821. The highest BCUT2D eigenvalue weighted by Crippen LogP contribution is 2.65. The van der Waals surface area contributed by atoms with Crippen LogP contribution in [0.25, 0.3) is 11.1 Å². The van der Waals surface area contributed by atoms with Crippen LogP contribution in [0, 0.1) is 11.8 Å². The van der Waals surface area contributed by atoms with E-state index in [9.17, 15) is 0 Å². The molecule has 2 saturated carbocycles. The molecule has 0 heteroatoms. The minimum atomic E-state index is 0.330. The Kier molecular flexibility index (Phi) is 4.42. The number of benzene rings is 2. The molecule has 0 aliphatic heterocycles. The SMILES string of the molecule is CCCc1ccc2c(c1CCC)C1(c3ccccc3-2)C2CCCC1CCC2. The average Bonchev–Trinajstić information content (AvgIpc) is 2.95. The molecule has 3 aliphatic carbocycles. The topological polar surface area (TPSA) is 0 Å². The van der Waals surface area contributed by atoms with Crippen LogP contribution in [0.2, 0.25) is 0 Å². The third-order valence-corrected chi connectivity index (χ3v) is 8.00. The van der Waals surface area contributed by atoms with Gasteiger partial charge in [-0.2, -0.15) is 0 Å². The van der Waals surface area contributed by atoms with Gasteiger partial charge >= 0.3 is 0 Å². The molecule has 0 radical (unpaired) electrons. The van der Waals surface area contributed by atoms with Crippen molar-refractivity contribution in [2.75, 3.05) is 0 Å². The predicted molar refractivity (Wildman–Crippen MR) is 115 cm³/mol. The lowest BCUT2D eigenvalue weighted by Crippen LogP contribution is -2.48. The average molecular weight is 359 g/mol. The highest BCUT2D eigenvalue weighted by Gasteiger charge is 2.56. The molecule has 142 valence electrons. The highest BCUT2D eigenvalue weighted by atomic mass is 14.6. The maximum absolute atomic E-state index is 2.50. The summed E-state index contributed by atoms with van der Waals surface area (Å²) in [7, 11) is 0. The van der Waals surface area contributed by atoms with Crippen LogP contribution in [0.5, 0.6) is 0 Å². The van der Waals surface area contributed by atoms with Crippen molar-refractivity contribution in [1.29, 1.82) is 0 Å². The van der Waals surface area contributed by atoms with E-state index in [4.69, 9.17) is 0 Å². The van der Waals surface area contributed by atoms with Crippen molar-refractivity contribution >= 4 is 0 Å². The van der Waals surface area contributed by atoms with Crippen LogP contribution in [0.3, 0.4) is 0 Å². The Morgan fingerprint density at radius 2 is 1.44 bits per heavy atom. The lowest BCUT2D eigenvalue weighted by molar-refractivity contribution is 0.0865. The monoisotopic (exact) mass is 358 g/mol. The van der Waals surface area contributed by atoms with E-state index >= 15 is 0 Å². The second-order valence-corrected chi connectivity index (χ2v) is 9.30. The van der Waals surface area contributed by atoms with E-state index in [0.717, 1.165) is 11.8 Å². The van der Waals surface area contributed by atoms with Crippen molar-refractivity contribution in [3.05, 3.63) is 58.7 Å². The molecule has 0 aromatic heterocycles. The van der Waals surface area contributed by atoms with Gasteiger partial charge in [-0.1, -0.05) is 75.9 Å². The zero-order valence-corrected chi connectivity index (χ0v) is 17.2. The summed E-state index contributed by atoms with van der Waals surface area (Å²) in [5.41, 5.74) is 10.4. The minimum Gasteiger partial charge on any atom is -0.0651 e. The first-order chi connectivity index (χ1) is 13.3. The molecule has 1 spiro atoms. The zero-order valence-electron chi connectivity index (χ0n) is 17.2. The van der Waals surface area contributed by atoms with Gasteiger partial charge in [0, 0.05) is 5.41 Å². The van der Waals surface area contributed by atoms with E-state index in [1.165, 1.54) is 64.2 Å². The maximum atomic E-state index is 2.50. The lowest BCUT2D eigenvalue weighted by atomic mass is 9.50. The van der Waals surface area contributed by atoms with Gasteiger partial charge in [0.25, 0.3) is 0 Å². The zero-order chi connectivity index (χ0) is 18.4. The summed E-state index contributed by atoms with van der Waals surface area (Å²) in [6.45, 7) is 4.70. The quantitative estimate of drug-likeness (QED) is 0.532. The van der Waals surface area contributed by atoms with Crippen molar-refractivity contribution in [1.82, 2.24) is 0 Å². The molecule has 2 aromatic rings. The van der Waals surface area contributed by atoms with E-state index in [1.807, 2.05) is 0 Å². The Morgan fingerprint density at radius 1 is 0.778 bits per heavy atom. The standard InChI is InChI=1S/C27H34/c1-3-9-19-17-18-24-23-15-5-6-16-25(23)27(26(24)22(19)10-4-2)20-11-7-12-21(27)14-8-13-20/h5-6,15-18,20-21H,3-4,7-14H2,1-2H3. The van der Waals surface area contributed by atoms with Gasteiger partial charge in [0.1, 0.15) is 0 Å². The van der Waals surface area contributed by atoms with Crippen LogP contribution in [0.1, 0.15) is 87.5 Å². The maximum Gasteiger partial charge on any atom is 0.0274 e. The largest absolute Gasteiger partial charge is 0.0651 e. The molecule has 0 heterocycles. The molecule has 0 unspecified atom stereocenters. The number of rotatable bonds is 4. The van der Waals surface area contributed by atoms with Crippen molar-refractivity contribution in [3.63, 3.8) is 0 Å². The smallest absolute Gasteiger partial charge is 0.0274 e. The Balaban J connectivity index is 1.84. The fourth-order valence-electron chi connectivity index (χ4n) is 7.24. The Hall–Kier alpha value is -1.56. The van der Waals surface area contributed by atoms with Crippen LogP contribution in [0.4, 0.5) is 0 Å². The lowest BCUT2D eigenvalue weighted by Gasteiger charge is -2.53. The first-order valence-electron chi connectivity index (χ1n) is 11.6. The summed E-state index contributed by atoms with van der Waals surface area (Å²) >= 11 is 0. The summed E-state index contributed by atoms with van der Waals surface area (Å²) in [4.78, 5) is 0. The van der Waals surface area contributed by atoms with Crippen LogP contribution in [-0.4, -0.2) is 0 Å². The van der Waals surface area contributed by atoms with Gasteiger partial charge in [0.05, 0.1) is 0 Å². The van der Waals surface area contributed by atoms with Gasteiger partial charge in [-0.25, -0.2) is 0 Å². The number of hydrogen-bond donors (Lipinski definition) is 0. The van der Waals surface area contributed by atoms with Crippen molar-refractivity contribution in [2.45, 2.75) is 83.5 Å². The normalized spacial score (nSPS) is 28.2. The van der Waals surface area contributed by atoms with Crippen molar-refractivity contribution in [2.24, 2.45) is 11.8 Å². The summed E-state index contributed by atoms with van der Waals surface area (Å²) in [5.74, 6) is 1.72. The molecule has 0 atom stereocenters. The van der Waals surface area contributed by atoms with Gasteiger partial charge in [0.2, 0.25) is 0 Å². The van der Waals surface area contributed by atoms with Gasteiger partial charge in [-0.3, -0.25) is 0 Å². The summed E-state index contributed by atoms with van der Waals surface area (Å²) in [5, 5.41) is 0. The molecule has 2 fully saturated rings. The van der Waals surface area contributed by atoms with Crippen LogP contribution >= 0.6 is 0 Å². The number of aryl methyl sites for hydroxylation is 1. The van der Waals surface area contributed by atoms with Crippen LogP contribution in [0.15, 0.2) is 36.4 Å². The first-order valence-corrected chi connectivity index (χ1v) is 11.6. The van der Waals surface area contributed by atoms with E-state index in [2.05, 4.69) is 50.2 Å². The molecule has 0 N–H and O–H groups in total.